The third-order valence-corrected chi connectivity index (χ3v) is 6.62. The van der Waals surface area contributed by atoms with Crippen molar-refractivity contribution in [3.05, 3.63) is 94.8 Å². The summed E-state index contributed by atoms with van der Waals surface area (Å²) in [5.74, 6) is 0.0403. The van der Waals surface area contributed by atoms with Crippen molar-refractivity contribution in [2.24, 2.45) is 0 Å². The van der Waals surface area contributed by atoms with Gasteiger partial charge in [-0.15, -0.1) is 0 Å². The Kier molecular flexibility index (Phi) is 5.36. The monoisotopic (exact) mass is 462 g/mol. The van der Waals surface area contributed by atoms with Crippen molar-refractivity contribution >= 4 is 44.8 Å². The first-order valence-electron chi connectivity index (χ1n) is 9.01. The van der Waals surface area contributed by atoms with Crippen LogP contribution in [-0.2, 0) is 16.2 Å². The Balaban J connectivity index is 1.91. The van der Waals surface area contributed by atoms with E-state index in [-0.39, 0.29) is 11.3 Å². The highest BCUT2D eigenvalue weighted by Gasteiger charge is 2.32. The molecular weight excluding hydrogens is 449 g/mol. The quantitative estimate of drug-likeness (QED) is 0.367. The standard InChI is InChI=1S/C22H14ClF3N2O2S/c23-18-9-2-1-6-15(18)12-13-21-27-19-10-3-4-11-20(19)28(21)31(29,30)17-8-5-7-16(14-17)22(24,25)26/h1-14H/b13-12+. The maximum absolute atomic E-state index is 13.4. The van der Waals surface area contributed by atoms with Crippen LogP contribution in [0.15, 0.2) is 77.7 Å². The van der Waals surface area contributed by atoms with Crippen LogP contribution in [0.2, 0.25) is 5.02 Å². The van der Waals surface area contributed by atoms with Crippen LogP contribution in [-0.4, -0.2) is 17.4 Å². The second-order valence-electron chi connectivity index (χ2n) is 6.61. The molecule has 4 aromatic rings. The number of aromatic nitrogens is 2. The van der Waals surface area contributed by atoms with Crippen molar-refractivity contribution in [1.29, 1.82) is 0 Å². The molecule has 0 bridgehead atoms. The maximum Gasteiger partial charge on any atom is 0.416 e. The van der Waals surface area contributed by atoms with Crippen LogP contribution < -0.4 is 0 Å². The number of para-hydroxylation sites is 2. The van der Waals surface area contributed by atoms with Gasteiger partial charge in [0.2, 0.25) is 0 Å². The van der Waals surface area contributed by atoms with Crippen molar-refractivity contribution in [2.75, 3.05) is 0 Å². The molecule has 9 heteroatoms. The van der Waals surface area contributed by atoms with Crippen molar-refractivity contribution in [3.8, 4) is 0 Å². The summed E-state index contributed by atoms with van der Waals surface area (Å²) in [6, 6.07) is 17.1. The first-order chi connectivity index (χ1) is 14.7. The Hall–Kier alpha value is -3.10. The fraction of sp³-hybridized carbons (Fsp3) is 0.0455. The predicted octanol–water partition coefficient (Wildman–Crippen LogP) is 6.12. The smallest absolute Gasteiger partial charge is 0.228 e. The van der Waals surface area contributed by atoms with Gasteiger partial charge in [0.1, 0.15) is 5.82 Å². The highest BCUT2D eigenvalue weighted by molar-refractivity contribution is 7.90. The molecule has 3 aromatic carbocycles. The highest BCUT2D eigenvalue weighted by atomic mass is 35.5. The van der Waals surface area contributed by atoms with Crippen LogP contribution in [0.5, 0.6) is 0 Å². The summed E-state index contributed by atoms with van der Waals surface area (Å²) in [6.45, 7) is 0. The van der Waals surface area contributed by atoms with Crippen LogP contribution in [0, 0.1) is 0 Å². The molecule has 1 aromatic heterocycles. The fourth-order valence-electron chi connectivity index (χ4n) is 3.09. The number of hydrogen-bond acceptors (Lipinski definition) is 3. The van der Waals surface area contributed by atoms with Crippen molar-refractivity contribution in [3.63, 3.8) is 0 Å². The minimum Gasteiger partial charge on any atom is -0.228 e. The Morgan fingerprint density at radius 3 is 2.35 bits per heavy atom. The Labute approximate surface area is 181 Å². The summed E-state index contributed by atoms with van der Waals surface area (Å²) in [4.78, 5) is 3.86. The second kappa shape index (κ2) is 7.86. The first-order valence-corrected chi connectivity index (χ1v) is 10.8. The number of hydrogen-bond donors (Lipinski definition) is 0. The average molecular weight is 463 g/mol. The van der Waals surface area contributed by atoms with Crippen LogP contribution >= 0.6 is 11.6 Å². The van der Waals surface area contributed by atoms with Gasteiger partial charge in [0.05, 0.1) is 21.5 Å². The summed E-state index contributed by atoms with van der Waals surface area (Å²) in [6.07, 6.45) is -1.61. The minimum atomic E-state index is -4.67. The van der Waals surface area contributed by atoms with E-state index in [1.54, 1.807) is 54.6 Å². The summed E-state index contributed by atoms with van der Waals surface area (Å²) in [7, 11) is -4.38. The van der Waals surface area contributed by atoms with Crippen molar-refractivity contribution < 1.29 is 21.6 Å². The highest BCUT2D eigenvalue weighted by Crippen LogP contribution is 2.32. The molecule has 0 unspecified atom stereocenters. The second-order valence-corrected chi connectivity index (χ2v) is 8.80. The van der Waals surface area contributed by atoms with E-state index in [4.69, 9.17) is 11.6 Å². The van der Waals surface area contributed by atoms with E-state index in [2.05, 4.69) is 4.98 Å². The van der Waals surface area contributed by atoms with Gasteiger partial charge in [0.15, 0.2) is 0 Å². The number of rotatable bonds is 4. The van der Waals surface area contributed by atoms with E-state index in [9.17, 15) is 21.6 Å². The molecule has 4 nitrogen and oxygen atoms in total. The molecule has 0 spiro atoms. The normalized spacial score (nSPS) is 12.6. The van der Waals surface area contributed by atoms with Gasteiger partial charge >= 0.3 is 6.18 Å². The van der Waals surface area contributed by atoms with E-state index < -0.39 is 26.7 Å². The largest absolute Gasteiger partial charge is 0.416 e. The molecule has 0 amide bonds. The number of nitrogens with zero attached hydrogens (tertiary/aromatic N) is 2. The van der Waals surface area contributed by atoms with Crippen LogP contribution in [0.4, 0.5) is 13.2 Å². The summed E-state index contributed by atoms with van der Waals surface area (Å²) in [5, 5.41) is 0.460. The zero-order chi connectivity index (χ0) is 22.2. The lowest BCUT2D eigenvalue weighted by Gasteiger charge is -2.12. The van der Waals surface area contributed by atoms with Gasteiger partial charge < -0.3 is 0 Å². The van der Waals surface area contributed by atoms with Crippen LogP contribution in [0.25, 0.3) is 23.2 Å². The van der Waals surface area contributed by atoms with E-state index >= 15 is 0 Å². The average Bonchev–Trinajstić information content (AvgIpc) is 3.12. The van der Waals surface area contributed by atoms with Crippen LogP contribution in [0.3, 0.4) is 0 Å². The van der Waals surface area contributed by atoms with Gasteiger partial charge in [0, 0.05) is 5.02 Å². The minimum absolute atomic E-state index is 0.0403. The molecule has 0 saturated heterocycles. The molecule has 0 aliphatic heterocycles. The Morgan fingerprint density at radius 2 is 1.61 bits per heavy atom. The van der Waals surface area contributed by atoms with Crippen molar-refractivity contribution in [1.82, 2.24) is 8.96 Å². The number of alkyl halides is 3. The molecule has 0 aliphatic rings. The summed E-state index contributed by atoms with van der Waals surface area (Å²) in [5.41, 5.74) is 0.223. The molecule has 0 fully saturated rings. The number of benzene rings is 3. The molecule has 4 rings (SSSR count). The SMILES string of the molecule is O=S(=O)(c1cccc(C(F)(F)F)c1)n1c(/C=C/c2ccccc2Cl)nc2ccccc21. The topological polar surface area (TPSA) is 52.0 Å². The number of imidazole rings is 1. The lowest BCUT2D eigenvalue weighted by Crippen LogP contribution is -2.16. The molecule has 0 aliphatic carbocycles. The van der Waals surface area contributed by atoms with Gasteiger partial charge in [-0.25, -0.2) is 17.4 Å². The zero-order valence-electron chi connectivity index (χ0n) is 15.7. The number of fused-ring (bicyclic) bond motifs is 1. The third-order valence-electron chi connectivity index (χ3n) is 4.56. The fourth-order valence-corrected chi connectivity index (χ4v) is 4.79. The molecule has 158 valence electrons. The van der Waals surface area contributed by atoms with E-state index in [0.717, 1.165) is 22.2 Å². The molecule has 0 atom stereocenters. The summed E-state index contributed by atoms with van der Waals surface area (Å²) < 4.78 is 67.1. The van der Waals surface area contributed by atoms with E-state index in [1.165, 1.54) is 6.08 Å². The molecule has 0 saturated carbocycles. The Morgan fingerprint density at radius 1 is 0.903 bits per heavy atom. The van der Waals surface area contributed by atoms with Gasteiger partial charge in [-0.2, -0.15) is 13.2 Å². The van der Waals surface area contributed by atoms with Gasteiger partial charge in [-0.1, -0.05) is 48.0 Å². The maximum atomic E-state index is 13.4. The van der Waals surface area contributed by atoms with E-state index in [1.807, 2.05) is 0 Å². The molecular formula is C22H14ClF3N2O2S. The lowest BCUT2D eigenvalue weighted by atomic mass is 10.2. The van der Waals surface area contributed by atoms with E-state index in [0.29, 0.717) is 22.2 Å². The van der Waals surface area contributed by atoms with Gasteiger partial charge in [-0.3, -0.25) is 0 Å². The van der Waals surface area contributed by atoms with Crippen LogP contribution in [0.1, 0.15) is 17.0 Å². The zero-order valence-corrected chi connectivity index (χ0v) is 17.3. The number of halogens is 4. The van der Waals surface area contributed by atoms with Gasteiger partial charge in [0.25, 0.3) is 10.0 Å². The molecule has 0 radical (unpaired) electrons. The first kappa shape index (κ1) is 21.1. The van der Waals surface area contributed by atoms with Crippen molar-refractivity contribution in [2.45, 2.75) is 11.1 Å². The third kappa shape index (κ3) is 4.08. The summed E-state index contributed by atoms with van der Waals surface area (Å²) >= 11 is 6.15. The molecule has 31 heavy (non-hydrogen) atoms. The Bertz CT molecular complexity index is 1410. The predicted molar refractivity (Wildman–Crippen MR) is 114 cm³/mol. The molecule has 1 heterocycles. The van der Waals surface area contributed by atoms with Gasteiger partial charge in [-0.05, 0) is 54.1 Å². The lowest BCUT2D eigenvalue weighted by molar-refractivity contribution is -0.137. The molecule has 0 N–H and O–H groups in total.